The Bertz CT molecular complexity index is 494. The molecule has 3 heteroatoms. The highest BCUT2D eigenvalue weighted by Gasteiger charge is 2.08. The summed E-state index contributed by atoms with van der Waals surface area (Å²) >= 11 is 0. The normalized spacial score (nSPS) is 10.6. The van der Waals surface area contributed by atoms with Crippen molar-refractivity contribution in [1.82, 2.24) is 4.98 Å². The third kappa shape index (κ3) is 1.55. The van der Waals surface area contributed by atoms with Gasteiger partial charge in [0.25, 0.3) is 0 Å². The van der Waals surface area contributed by atoms with Gasteiger partial charge in [-0.3, -0.25) is 4.98 Å². The fourth-order valence-electron chi connectivity index (χ4n) is 1.80. The van der Waals surface area contributed by atoms with E-state index >= 15 is 0 Å². The van der Waals surface area contributed by atoms with Gasteiger partial charge in [0.05, 0.1) is 13.7 Å². The molecule has 3 nitrogen and oxygen atoms in total. The molecule has 1 aromatic carbocycles. The molecule has 0 aliphatic carbocycles. The van der Waals surface area contributed by atoms with Crippen molar-refractivity contribution < 1.29 is 9.84 Å². The lowest BCUT2D eigenvalue weighted by molar-refractivity contribution is 0.275. The number of aliphatic hydroxyl groups excluding tert-OH is 1. The van der Waals surface area contributed by atoms with E-state index in [1.807, 2.05) is 25.1 Å². The van der Waals surface area contributed by atoms with Crippen LogP contribution in [0.25, 0.3) is 10.8 Å². The van der Waals surface area contributed by atoms with Crippen LogP contribution in [-0.4, -0.2) is 17.2 Å². The molecule has 0 spiro atoms. The maximum absolute atomic E-state index is 9.34. The zero-order chi connectivity index (χ0) is 10.8. The van der Waals surface area contributed by atoms with Crippen molar-refractivity contribution in [3.63, 3.8) is 0 Å². The third-order valence-electron chi connectivity index (χ3n) is 2.59. The van der Waals surface area contributed by atoms with Crippen LogP contribution in [0.2, 0.25) is 0 Å². The fourth-order valence-corrected chi connectivity index (χ4v) is 1.80. The summed E-state index contributed by atoms with van der Waals surface area (Å²) in [6.45, 7) is 1.93. The van der Waals surface area contributed by atoms with Gasteiger partial charge in [-0.1, -0.05) is 0 Å². The average Bonchev–Trinajstić information content (AvgIpc) is 2.28. The molecule has 15 heavy (non-hydrogen) atoms. The van der Waals surface area contributed by atoms with Crippen molar-refractivity contribution in [3.05, 3.63) is 35.7 Å². The second-order valence-electron chi connectivity index (χ2n) is 3.40. The molecular formula is C12H13NO2. The highest BCUT2D eigenvalue weighted by molar-refractivity contribution is 5.89. The number of aliphatic hydroxyl groups is 1. The Balaban J connectivity index is 2.82. The first-order valence-electron chi connectivity index (χ1n) is 4.80. The summed E-state index contributed by atoms with van der Waals surface area (Å²) in [5.74, 6) is 0.718. The number of pyridine rings is 1. The van der Waals surface area contributed by atoms with Crippen molar-refractivity contribution in [1.29, 1.82) is 0 Å². The zero-order valence-electron chi connectivity index (χ0n) is 8.82. The Hall–Kier alpha value is -1.61. The third-order valence-corrected chi connectivity index (χ3v) is 2.59. The largest absolute Gasteiger partial charge is 0.496 e. The van der Waals surface area contributed by atoms with Crippen LogP contribution < -0.4 is 4.74 Å². The van der Waals surface area contributed by atoms with Gasteiger partial charge in [0.15, 0.2) is 0 Å². The first-order valence-corrected chi connectivity index (χ1v) is 4.80. The number of ether oxygens (including phenoxy) is 1. The molecular weight excluding hydrogens is 190 g/mol. The average molecular weight is 203 g/mol. The quantitative estimate of drug-likeness (QED) is 0.812. The number of fused-ring (bicyclic) bond motifs is 1. The number of hydrogen-bond acceptors (Lipinski definition) is 3. The van der Waals surface area contributed by atoms with Gasteiger partial charge in [0.1, 0.15) is 5.75 Å². The van der Waals surface area contributed by atoms with E-state index in [9.17, 15) is 5.11 Å². The minimum Gasteiger partial charge on any atom is -0.496 e. The second kappa shape index (κ2) is 3.87. The number of aromatic nitrogens is 1. The molecule has 0 fully saturated rings. The van der Waals surface area contributed by atoms with Crippen molar-refractivity contribution in [2.45, 2.75) is 13.5 Å². The Morgan fingerprint density at radius 3 is 2.73 bits per heavy atom. The number of benzene rings is 1. The van der Waals surface area contributed by atoms with Gasteiger partial charge in [-0.15, -0.1) is 0 Å². The van der Waals surface area contributed by atoms with E-state index in [-0.39, 0.29) is 6.61 Å². The SMILES string of the molecule is COc1ccc2c(C)nccc2c1CO. The lowest BCUT2D eigenvalue weighted by Gasteiger charge is -2.10. The minimum absolute atomic E-state index is 0.0238. The van der Waals surface area contributed by atoms with Gasteiger partial charge in [0, 0.05) is 22.8 Å². The molecule has 0 unspecified atom stereocenters. The Morgan fingerprint density at radius 1 is 1.27 bits per heavy atom. The molecule has 78 valence electrons. The van der Waals surface area contributed by atoms with Crippen LogP contribution in [0, 0.1) is 6.92 Å². The summed E-state index contributed by atoms with van der Waals surface area (Å²) in [5, 5.41) is 11.4. The topological polar surface area (TPSA) is 42.4 Å². The van der Waals surface area contributed by atoms with Crippen LogP contribution in [0.5, 0.6) is 5.75 Å². The lowest BCUT2D eigenvalue weighted by Crippen LogP contribution is -1.95. The van der Waals surface area contributed by atoms with Crippen molar-refractivity contribution >= 4 is 10.8 Å². The molecule has 1 N–H and O–H groups in total. The summed E-state index contributed by atoms with van der Waals surface area (Å²) in [5.41, 5.74) is 1.78. The Morgan fingerprint density at radius 2 is 2.07 bits per heavy atom. The molecule has 0 atom stereocenters. The molecule has 2 rings (SSSR count). The standard InChI is InChI=1S/C12H13NO2/c1-8-9-3-4-12(15-2)11(7-14)10(9)5-6-13-8/h3-6,14H,7H2,1-2H3. The van der Waals surface area contributed by atoms with Gasteiger partial charge in [0.2, 0.25) is 0 Å². The number of methoxy groups -OCH3 is 1. The maximum Gasteiger partial charge on any atom is 0.125 e. The summed E-state index contributed by atoms with van der Waals surface area (Å²) in [6, 6.07) is 5.73. The van der Waals surface area contributed by atoms with Gasteiger partial charge >= 0.3 is 0 Å². The highest BCUT2D eigenvalue weighted by Crippen LogP contribution is 2.28. The second-order valence-corrected chi connectivity index (χ2v) is 3.40. The Labute approximate surface area is 88.3 Å². The molecule has 1 heterocycles. The van der Waals surface area contributed by atoms with E-state index in [4.69, 9.17) is 4.74 Å². The Kier molecular flexibility index (Phi) is 2.56. The molecule has 0 bridgehead atoms. The highest BCUT2D eigenvalue weighted by atomic mass is 16.5. The smallest absolute Gasteiger partial charge is 0.125 e. The van der Waals surface area contributed by atoms with Gasteiger partial charge in [-0.2, -0.15) is 0 Å². The summed E-state index contributed by atoms with van der Waals surface area (Å²) < 4.78 is 5.20. The predicted molar refractivity (Wildman–Crippen MR) is 59.0 cm³/mol. The monoisotopic (exact) mass is 203 g/mol. The van der Waals surface area contributed by atoms with E-state index in [1.165, 1.54) is 0 Å². The van der Waals surface area contributed by atoms with Gasteiger partial charge in [-0.05, 0) is 30.5 Å². The zero-order valence-corrected chi connectivity index (χ0v) is 8.82. The van der Waals surface area contributed by atoms with Crippen LogP contribution in [0.4, 0.5) is 0 Å². The number of rotatable bonds is 2. The van der Waals surface area contributed by atoms with Crippen LogP contribution in [-0.2, 0) is 6.61 Å². The van der Waals surface area contributed by atoms with E-state index in [0.29, 0.717) is 0 Å². The van der Waals surface area contributed by atoms with E-state index < -0.39 is 0 Å². The maximum atomic E-state index is 9.34. The first-order chi connectivity index (χ1) is 7.27. The summed E-state index contributed by atoms with van der Waals surface area (Å²) in [6.07, 6.45) is 1.75. The van der Waals surface area contributed by atoms with Crippen molar-refractivity contribution in [2.24, 2.45) is 0 Å². The van der Waals surface area contributed by atoms with Crippen LogP contribution in [0.15, 0.2) is 24.4 Å². The van der Waals surface area contributed by atoms with Crippen LogP contribution >= 0.6 is 0 Å². The molecule has 1 aromatic heterocycles. The molecule has 0 saturated carbocycles. The molecule has 0 aliphatic heterocycles. The predicted octanol–water partition coefficient (Wildman–Crippen LogP) is 2.04. The molecule has 0 amide bonds. The summed E-state index contributed by atoms with van der Waals surface area (Å²) in [4.78, 5) is 4.22. The van der Waals surface area contributed by atoms with Crippen molar-refractivity contribution in [3.8, 4) is 5.75 Å². The van der Waals surface area contributed by atoms with Gasteiger partial charge < -0.3 is 9.84 Å². The number of hydrogen-bond donors (Lipinski definition) is 1. The molecule has 0 aliphatic rings. The first kappa shape index (κ1) is 9.93. The molecule has 2 aromatic rings. The van der Waals surface area contributed by atoms with Crippen molar-refractivity contribution in [2.75, 3.05) is 7.11 Å². The molecule has 0 saturated heterocycles. The molecule has 0 radical (unpaired) electrons. The van der Waals surface area contributed by atoms with Crippen LogP contribution in [0.1, 0.15) is 11.3 Å². The minimum atomic E-state index is -0.0238. The number of aryl methyl sites for hydroxylation is 1. The fraction of sp³-hybridized carbons (Fsp3) is 0.250. The van der Waals surface area contributed by atoms with Crippen LogP contribution in [0.3, 0.4) is 0 Å². The van der Waals surface area contributed by atoms with E-state index in [2.05, 4.69) is 4.98 Å². The van der Waals surface area contributed by atoms with E-state index in [0.717, 1.165) is 27.8 Å². The summed E-state index contributed by atoms with van der Waals surface area (Å²) in [7, 11) is 1.61. The number of nitrogens with zero attached hydrogens (tertiary/aromatic N) is 1. The van der Waals surface area contributed by atoms with E-state index in [1.54, 1.807) is 13.3 Å². The van der Waals surface area contributed by atoms with Gasteiger partial charge in [-0.25, -0.2) is 0 Å². The lowest BCUT2D eigenvalue weighted by atomic mass is 10.0.